The molecule has 0 saturated carbocycles. The summed E-state index contributed by atoms with van der Waals surface area (Å²) in [5.74, 6) is 0.00798. The number of hydrogen-bond acceptors (Lipinski definition) is 5. The largest absolute Gasteiger partial charge is 0.462 e. The van der Waals surface area contributed by atoms with Gasteiger partial charge in [-0.3, -0.25) is 4.90 Å². The number of aliphatic hydroxyl groups is 1. The first-order chi connectivity index (χ1) is 10.9. The molecule has 0 aliphatic carbocycles. The molecule has 0 radical (unpaired) electrons. The van der Waals surface area contributed by atoms with E-state index in [1.807, 2.05) is 11.4 Å². The van der Waals surface area contributed by atoms with E-state index in [0.29, 0.717) is 38.2 Å². The molecule has 3 rings (SSSR count). The Hall–Kier alpha value is -1.38. The molecule has 1 atom stereocenters. The Kier molecular flexibility index (Phi) is 4.74. The predicted octanol–water partition coefficient (Wildman–Crippen LogP) is 3.54. The number of aromatic nitrogens is 1. The summed E-state index contributed by atoms with van der Waals surface area (Å²) in [6.45, 7) is 1.67. The van der Waals surface area contributed by atoms with Gasteiger partial charge in [0.15, 0.2) is 16.9 Å². The van der Waals surface area contributed by atoms with Crippen LogP contribution in [-0.4, -0.2) is 40.4 Å². The van der Waals surface area contributed by atoms with Crippen molar-refractivity contribution in [1.29, 1.82) is 0 Å². The second-order valence-electron chi connectivity index (χ2n) is 5.72. The third-order valence-electron chi connectivity index (χ3n) is 4.08. The number of thiazole rings is 1. The smallest absolute Gasteiger partial charge is 0.414 e. The summed E-state index contributed by atoms with van der Waals surface area (Å²) >= 11 is 1.48. The van der Waals surface area contributed by atoms with Gasteiger partial charge in [0, 0.05) is 11.9 Å². The van der Waals surface area contributed by atoms with Gasteiger partial charge in [-0.05, 0) is 44.0 Å². The van der Waals surface area contributed by atoms with Crippen LogP contribution in [0.5, 0.6) is 0 Å². The second-order valence-corrected chi connectivity index (χ2v) is 6.58. The molecule has 0 bridgehead atoms. The van der Waals surface area contributed by atoms with Gasteiger partial charge < -0.3 is 9.52 Å². The van der Waals surface area contributed by atoms with Crippen LogP contribution in [0.25, 0.3) is 10.8 Å². The first-order valence-electron chi connectivity index (χ1n) is 7.39. The Balaban J connectivity index is 1.53. The molecular formula is C15H17F3N2O2S. The van der Waals surface area contributed by atoms with Gasteiger partial charge in [-0.2, -0.15) is 13.2 Å². The minimum atomic E-state index is -4.53. The zero-order valence-electron chi connectivity index (χ0n) is 12.3. The molecule has 2 aromatic rings. The molecule has 0 amide bonds. The van der Waals surface area contributed by atoms with Crippen LogP contribution in [0.4, 0.5) is 13.2 Å². The van der Waals surface area contributed by atoms with Crippen LogP contribution >= 0.6 is 11.3 Å². The number of furan rings is 1. The van der Waals surface area contributed by atoms with E-state index >= 15 is 0 Å². The number of hydrogen-bond donors (Lipinski definition) is 1. The Bertz CT molecular complexity index is 619. The molecule has 8 heteroatoms. The molecule has 1 aliphatic rings. The second kappa shape index (κ2) is 6.62. The fraction of sp³-hybridized carbons (Fsp3) is 0.533. The summed E-state index contributed by atoms with van der Waals surface area (Å²) in [6, 6.07) is 3.64. The predicted molar refractivity (Wildman–Crippen MR) is 79.9 cm³/mol. The SMILES string of the molecule is OC(C1CCN(Cc2csc(-c3ccco3)n2)CC1)C(F)(F)F. The summed E-state index contributed by atoms with van der Waals surface area (Å²) in [5.41, 5.74) is 0.885. The van der Waals surface area contributed by atoms with Gasteiger partial charge in [0.2, 0.25) is 0 Å². The van der Waals surface area contributed by atoms with E-state index < -0.39 is 18.2 Å². The van der Waals surface area contributed by atoms with Gasteiger partial charge >= 0.3 is 6.18 Å². The van der Waals surface area contributed by atoms with Crippen molar-refractivity contribution in [1.82, 2.24) is 9.88 Å². The van der Waals surface area contributed by atoms with E-state index in [-0.39, 0.29) is 0 Å². The molecule has 2 aromatic heterocycles. The van der Waals surface area contributed by atoms with Gasteiger partial charge in [-0.1, -0.05) is 0 Å². The highest BCUT2D eigenvalue weighted by atomic mass is 32.1. The average Bonchev–Trinajstić information content (AvgIpc) is 3.17. The number of piperidine rings is 1. The highest BCUT2D eigenvalue weighted by molar-refractivity contribution is 7.13. The Labute approximate surface area is 135 Å². The lowest BCUT2D eigenvalue weighted by molar-refractivity contribution is -0.223. The lowest BCUT2D eigenvalue weighted by Crippen LogP contribution is -2.43. The van der Waals surface area contributed by atoms with Gasteiger partial charge in [-0.15, -0.1) is 11.3 Å². The zero-order valence-corrected chi connectivity index (χ0v) is 13.1. The summed E-state index contributed by atoms with van der Waals surface area (Å²) in [4.78, 5) is 6.56. The van der Waals surface area contributed by atoms with Crippen LogP contribution < -0.4 is 0 Å². The Morgan fingerprint density at radius 1 is 1.39 bits per heavy atom. The molecular weight excluding hydrogens is 329 g/mol. The highest BCUT2D eigenvalue weighted by Crippen LogP contribution is 2.32. The minimum absolute atomic E-state index is 0.343. The van der Waals surface area contributed by atoms with Crippen LogP contribution in [0, 0.1) is 5.92 Å². The van der Waals surface area contributed by atoms with Crippen molar-refractivity contribution in [2.24, 2.45) is 5.92 Å². The minimum Gasteiger partial charge on any atom is -0.462 e. The van der Waals surface area contributed by atoms with Crippen molar-refractivity contribution >= 4 is 11.3 Å². The fourth-order valence-corrected chi connectivity index (χ4v) is 3.59. The van der Waals surface area contributed by atoms with E-state index in [4.69, 9.17) is 4.42 Å². The Morgan fingerprint density at radius 2 is 2.13 bits per heavy atom. The monoisotopic (exact) mass is 346 g/mol. The summed E-state index contributed by atoms with van der Waals surface area (Å²) in [7, 11) is 0. The molecule has 1 fully saturated rings. The Morgan fingerprint density at radius 3 is 2.74 bits per heavy atom. The van der Waals surface area contributed by atoms with Crippen molar-refractivity contribution in [3.63, 3.8) is 0 Å². The lowest BCUT2D eigenvalue weighted by Gasteiger charge is -2.34. The molecule has 3 heterocycles. The van der Waals surface area contributed by atoms with E-state index in [0.717, 1.165) is 10.7 Å². The standard InChI is InChI=1S/C15H17F3N2O2S/c16-15(17,18)13(21)10-3-5-20(6-4-10)8-11-9-23-14(19-11)12-2-1-7-22-12/h1-2,7,9-10,13,21H,3-6,8H2. The maximum atomic E-state index is 12.5. The van der Waals surface area contributed by atoms with E-state index in [2.05, 4.69) is 9.88 Å². The van der Waals surface area contributed by atoms with Crippen molar-refractivity contribution in [3.8, 4) is 10.8 Å². The van der Waals surface area contributed by atoms with Crippen molar-refractivity contribution in [2.45, 2.75) is 31.7 Å². The third-order valence-corrected chi connectivity index (χ3v) is 4.99. The summed E-state index contributed by atoms with van der Waals surface area (Å²) in [5, 5.41) is 12.1. The zero-order chi connectivity index (χ0) is 16.4. The molecule has 126 valence electrons. The average molecular weight is 346 g/mol. The maximum Gasteiger partial charge on any atom is 0.414 e. The van der Waals surface area contributed by atoms with Gasteiger partial charge in [0.1, 0.15) is 0 Å². The van der Waals surface area contributed by atoms with Crippen LogP contribution in [0.1, 0.15) is 18.5 Å². The molecule has 0 aromatic carbocycles. The van der Waals surface area contributed by atoms with Gasteiger partial charge in [0.25, 0.3) is 0 Å². The van der Waals surface area contributed by atoms with Gasteiger partial charge in [-0.25, -0.2) is 4.98 Å². The summed E-state index contributed by atoms with van der Waals surface area (Å²) < 4.78 is 42.9. The maximum absolute atomic E-state index is 12.5. The molecule has 0 spiro atoms. The van der Waals surface area contributed by atoms with Crippen LogP contribution in [0.2, 0.25) is 0 Å². The fourth-order valence-electron chi connectivity index (χ4n) is 2.82. The number of likely N-dealkylation sites (tertiary alicyclic amines) is 1. The number of aliphatic hydroxyl groups excluding tert-OH is 1. The molecule has 1 aliphatic heterocycles. The van der Waals surface area contributed by atoms with Crippen LogP contribution in [-0.2, 0) is 6.54 Å². The topological polar surface area (TPSA) is 49.5 Å². The molecule has 1 N–H and O–H groups in total. The first kappa shape index (κ1) is 16.5. The quantitative estimate of drug-likeness (QED) is 0.920. The van der Waals surface area contributed by atoms with Crippen LogP contribution in [0.3, 0.4) is 0 Å². The van der Waals surface area contributed by atoms with E-state index in [9.17, 15) is 18.3 Å². The first-order valence-corrected chi connectivity index (χ1v) is 8.27. The molecule has 4 nitrogen and oxygen atoms in total. The number of alkyl halides is 3. The molecule has 1 unspecified atom stereocenters. The number of nitrogens with zero attached hydrogens (tertiary/aromatic N) is 2. The third kappa shape index (κ3) is 3.94. The van der Waals surface area contributed by atoms with Gasteiger partial charge in [0.05, 0.1) is 12.0 Å². The number of halogens is 3. The van der Waals surface area contributed by atoms with E-state index in [1.54, 1.807) is 12.3 Å². The lowest BCUT2D eigenvalue weighted by atomic mass is 9.91. The van der Waals surface area contributed by atoms with Crippen molar-refractivity contribution < 1.29 is 22.7 Å². The molecule has 23 heavy (non-hydrogen) atoms. The number of rotatable bonds is 4. The normalized spacial score (nSPS) is 19.1. The molecule has 1 saturated heterocycles. The van der Waals surface area contributed by atoms with Crippen LogP contribution in [0.15, 0.2) is 28.2 Å². The van der Waals surface area contributed by atoms with Crippen molar-refractivity contribution in [3.05, 3.63) is 29.5 Å². The van der Waals surface area contributed by atoms with Crippen molar-refractivity contribution in [2.75, 3.05) is 13.1 Å². The summed E-state index contributed by atoms with van der Waals surface area (Å²) in [6.07, 6.45) is -4.46. The van der Waals surface area contributed by atoms with E-state index in [1.165, 1.54) is 11.3 Å². The highest BCUT2D eigenvalue weighted by Gasteiger charge is 2.44.